The van der Waals surface area contributed by atoms with Crippen molar-refractivity contribution in [1.29, 1.82) is 0 Å². The topological polar surface area (TPSA) is 180 Å². The summed E-state index contributed by atoms with van der Waals surface area (Å²) in [5.41, 5.74) is 6.88. The van der Waals surface area contributed by atoms with Crippen molar-refractivity contribution in [1.82, 2.24) is 30.2 Å². The van der Waals surface area contributed by atoms with E-state index >= 15 is 0 Å². The van der Waals surface area contributed by atoms with Crippen LogP contribution in [0.5, 0.6) is 0 Å². The van der Waals surface area contributed by atoms with Crippen LogP contribution >= 0.6 is 0 Å². The SMILES string of the molecule is C=CCC(C)(C)C1CC(=O)N(CC(=O)NCCNC(=O)[C@@H](N)CCN(C(=O)CO)[C@@H](c2nn(-c3cc(F)ccc3F)cc2Cc2ccccc2)C(C)(C)C)C1=O. The lowest BCUT2D eigenvalue weighted by Gasteiger charge is -2.40. The molecule has 5 N–H and O–H groups in total. The highest BCUT2D eigenvalue weighted by Crippen LogP contribution is 2.41. The quantitative estimate of drug-likeness (QED) is 0.0860. The highest BCUT2D eigenvalue weighted by Gasteiger charge is 2.46. The molecule has 1 fully saturated rings. The third-order valence-electron chi connectivity index (χ3n) is 9.99. The summed E-state index contributed by atoms with van der Waals surface area (Å²) in [5.74, 6) is -4.51. The number of nitrogens with zero attached hydrogens (tertiary/aromatic N) is 4. The second kappa shape index (κ2) is 18.6. The smallest absolute Gasteiger partial charge is 0.248 e. The molecule has 5 amide bonds. The summed E-state index contributed by atoms with van der Waals surface area (Å²) in [5, 5.41) is 20.0. The molecule has 302 valence electrons. The van der Waals surface area contributed by atoms with Gasteiger partial charge in [0, 0.05) is 50.3 Å². The number of carbonyl (C=O) groups is 5. The monoisotopic (exact) mass is 777 g/mol. The van der Waals surface area contributed by atoms with Crippen LogP contribution in [0.25, 0.3) is 5.69 Å². The average molecular weight is 778 g/mol. The lowest BCUT2D eigenvalue weighted by atomic mass is 9.75. The Labute approximate surface area is 326 Å². The highest BCUT2D eigenvalue weighted by molar-refractivity contribution is 6.06. The number of carbonyl (C=O) groups excluding carboxylic acids is 5. The van der Waals surface area contributed by atoms with Gasteiger partial charge in [-0.15, -0.1) is 6.58 Å². The molecule has 0 bridgehead atoms. The van der Waals surface area contributed by atoms with Crippen molar-refractivity contribution in [2.24, 2.45) is 22.5 Å². The first-order valence-electron chi connectivity index (χ1n) is 18.6. The maximum absolute atomic E-state index is 15.0. The largest absolute Gasteiger partial charge is 0.387 e. The van der Waals surface area contributed by atoms with Crippen LogP contribution in [0.4, 0.5) is 8.78 Å². The molecule has 0 aliphatic carbocycles. The summed E-state index contributed by atoms with van der Waals surface area (Å²) in [7, 11) is 0. The summed E-state index contributed by atoms with van der Waals surface area (Å²) in [6, 6.07) is 10.6. The molecule has 3 atom stereocenters. The third-order valence-corrected chi connectivity index (χ3v) is 9.99. The summed E-state index contributed by atoms with van der Waals surface area (Å²) in [6.45, 7) is 11.8. The van der Waals surface area contributed by atoms with Gasteiger partial charge in [0.1, 0.15) is 30.5 Å². The van der Waals surface area contributed by atoms with Gasteiger partial charge >= 0.3 is 0 Å². The minimum Gasteiger partial charge on any atom is -0.387 e. The van der Waals surface area contributed by atoms with Crippen LogP contribution in [0.15, 0.2) is 67.4 Å². The van der Waals surface area contributed by atoms with Crippen molar-refractivity contribution in [3.8, 4) is 5.69 Å². The van der Waals surface area contributed by atoms with Crippen molar-refractivity contribution in [3.05, 3.63) is 95.8 Å². The number of hydrogen-bond donors (Lipinski definition) is 4. The number of nitrogens with two attached hydrogens (primary N) is 1. The normalized spacial score (nSPS) is 15.7. The second-order valence-electron chi connectivity index (χ2n) is 15.8. The summed E-state index contributed by atoms with van der Waals surface area (Å²) in [4.78, 5) is 66.9. The molecule has 56 heavy (non-hydrogen) atoms. The van der Waals surface area contributed by atoms with Crippen LogP contribution in [-0.4, -0.2) is 93.1 Å². The number of imide groups is 1. The van der Waals surface area contributed by atoms with Gasteiger partial charge in [0.15, 0.2) is 0 Å². The fraction of sp³-hybridized carbons (Fsp3) is 0.463. The molecule has 0 saturated carbocycles. The van der Waals surface area contributed by atoms with Crippen LogP contribution in [0, 0.1) is 28.4 Å². The highest BCUT2D eigenvalue weighted by atomic mass is 19.1. The Kier molecular flexibility index (Phi) is 14.4. The Morgan fingerprint density at radius 2 is 1.75 bits per heavy atom. The minimum absolute atomic E-state index is 0.00111. The fourth-order valence-corrected chi connectivity index (χ4v) is 7.01. The van der Waals surface area contributed by atoms with Crippen molar-refractivity contribution in [2.75, 3.05) is 32.8 Å². The standard InChI is InChI=1S/C41H53F2N7O6/c1-7-16-41(5,6)29-22-34(53)49(39(29)56)24-33(52)45-17-18-46-38(55)31(44)15-19-48(35(54)25-51)37(40(2,3)4)36-27(20-26-11-9-8-10-12-26)23-50(47-36)32-21-28(42)13-14-30(32)43/h7-14,21,23,29,31,37,51H,1,15-20,22,24-25,44H2,2-6H3,(H,45,52)(H,46,55)/t29?,31-,37-/m0/s1. The molecule has 1 aromatic heterocycles. The molecule has 2 heterocycles. The Bertz CT molecular complexity index is 1910. The minimum atomic E-state index is -1.10. The summed E-state index contributed by atoms with van der Waals surface area (Å²) in [6.07, 6.45) is 4.17. The van der Waals surface area contributed by atoms with Gasteiger partial charge in [-0.05, 0) is 41.4 Å². The number of aromatic nitrogens is 2. The average Bonchev–Trinajstić information content (AvgIpc) is 3.67. The van der Waals surface area contributed by atoms with Crippen LogP contribution in [0.3, 0.4) is 0 Å². The molecular formula is C41H53F2N7O6. The first kappa shape index (κ1) is 43.4. The molecule has 15 heteroatoms. The van der Waals surface area contributed by atoms with E-state index in [4.69, 9.17) is 10.8 Å². The Morgan fingerprint density at radius 1 is 1.07 bits per heavy atom. The lowest BCUT2D eigenvalue weighted by Crippen LogP contribution is -2.48. The number of likely N-dealkylation sites (tertiary alicyclic amines) is 1. The lowest BCUT2D eigenvalue weighted by molar-refractivity contribution is -0.144. The van der Waals surface area contributed by atoms with Crippen LogP contribution in [0.2, 0.25) is 0 Å². The molecule has 4 rings (SSSR count). The van der Waals surface area contributed by atoms with Crippen molar-refractivity contribution >= 4 is 29.5 Å². The molecule has 13 nitrogen and oxygen atoms in total. The Hall–Kier alpha value is -5.28. The van der Waals surface area contributed by atoms with Gasteiger partial charge in [0.2, 0.25) is 29.5 Å². The molecule has 3 aromatic rings. The fourth-order valence-electron chi connectivity index (χ4n) is 7.01. The van der Waals surface area contributed by atoms with Crippen LogP contribution < -0.4 is 16.4 Å². The van der Waals surface area contributed by atoms with E-state index in [0.29, 0.717) is 24.1 Å². The second-order valence-corrected chi connectivity index (χ2v) is 15.8. The molecule has 1 saturated heterocycles. The summed E-state index contributed by atoms with van der Waals surface area (Å²) < 4.78 is 30.5. The van der Waals surface area contributed by atoms with E-state index in [9.17, 15) is 37.9 Å². The van der Waals surface area contributed by atoms with Gasteiger partial charge in [-0.25, -0.2) is 13.5 Å². The van der Waals surface area contributed by atoms with Gasteiger partial charge in [-0.3, -0.25) is 28.9 Å². The van der Waals surface area contributed by atoms with E-state index in [-0.39, 0.29) is 38.2 Å². The van der Waals surface area contributed by atoms with Crippen molar-refractivity contribution in [2.45, 2.75) is 72.4 Å². The van der Waals surface area contributed by atoms with Crippen molar-refractivity contribution < 1.29 is 37.9 Å². The van der Waals surface area contributed by atoms with Gasteiger partial charge < -0.3 is 26.4 Å². The zero-order valence-electron chi connectivity index (χ0n) is 32.7. The van der Waals surface area contributed by atoms with E-state index in [1.54, 1.807) is 12.3 Å². The predicted molar refractivity (Wildman–Crippen MR) is 206 cm³/mol. The van der Waals surface area contributed by atoms with Crippen LogP contribution in [0.1, 0.15) is 76.7 Å². The summed E-state index contributed by atoms with van der Waals surface area (Å²) >= 11 is 0. The van der Waals surface area contributed by atoms with Crippen LogP contribution in [-0.2, 0) is 30.4 Å². The van der Waals surface area contributed by atoms with E-state index in [1.807, 2.05) is 65.0 Å². The van der Waals surface area contributed by atoms with Gasteiger partial charge in [-0.2, -0.15) is 5.10 Å². The van der Waals surface area contributed by atoms with E-state index in [0.717, 1.165) is 28.7 Å². The van der Waals surface area contributed by atoms with Gasteiger partial charge in [-0.1, -0.05) is 71.0 Å². The Balaban J connectivity index is 1.43. The molecular weight excluding hydrogens is 724 g/mol. The number of halogens is 2. The molecule has 0 radical (unpaired) electrons. The van der Waals surface area contributed by atoms with Crippen molar-refractivity contribution in [3.63, 3.8) is 0 Å². The Morgan fingerprint density at radius 3 is 2.39 bits per heavy atom. The van der Waals surface area contributed by atoms with Gasteiger partial charge in [0.25, 0.3) is 0 Å². The number of nitrogens with one attached hydrogen (secondary N) is 2. The molecule has 1 unspecified atom stereocenters. The number of aliphatic hydroxyl groups is 1. The number of allylic oxidation sites excluding steroid dienone is 1. The number of aliphatic hydroxyl groups excluding tert-OH is 1. The van der Waals surface area contributed by atoms with E-state index < -0.39 is 83.2 Å². The number of rotatable bonds is 18. The number of hydrogen-bond acceptors (Lipinski definition) is 8. The van der Waals surface area contributed by atoms with Gasteiger partial charge in [0.05, 0.1) is 23.7 Å². The maximum Gasteiger partial charge on any atom is 0.248 e. The third kappa shape index (κ3) is 10.7. The maximum atomic E-state index is 15.0. The van der Waals surface area contributed by atoms with E-state index in [1.165, 1.54) is 9.58 Å². The number of benzene rings is 2. The predicted octanol–water partition coefficient (Wildman–Crippen LogP) is 3.58. The molecule has 2 aromatic carbocycles. The molecule has 0 spiro atoms. The first-order chi connectivity index (χ1) is 26.4. The zero-order chi connectivity index (χ0) is 41.4. The van der Waals surface area contributed by atoms with E-state index in [2.05, 4.69) is 17.2 Å². The zero-order valence-corrected chi connectivity index (χ0v) is 32.7. The molecule has 1 aliphatic rings. The first-order valence-corrected chi connectivity index (χ1v) is 18.6. The number of amides is 5. The molecule has 1 aliphatic heterocycles.